The first kappa shape index (κ1) is 16.5. The molecule has 2 heterocycles. The van der Waals surface area contributed by atoms with Gasteiger partial charge in [-0.2, -0.15) is 0 Å². The molecular formula is C15H31N5O. The van der Waals surface area contributed by atoms with E-state index in [0.717, 1.165) is 65.2 Å². The van der Waals surface area contributed by atoms with Crippen LogP contribution in [-0.4, -0.2) is 105 Å². The van der Waals surface area contributed by atoms with Gasteiger partial charge in [0.25, 0.3) is 0 Å². The number of rotatable bonds is 5. The highest BCUT2D eigenvalue weighted by Gasteiger charge is 2.26. The molecule has 2 rings (SSSR count). The second-order valence-electron chi connectivity index (χ2n) is 6.55. The number of likely N-dealkylation sites (N-methyl/N-ethyl adjacent to an activating group) is 3. The summed E-state index contributed by atoms with van der Waals surface area (Å²) in [5.41, 5.74) is 0. The molecule has 2 saturated heterocycles. The summed E-state index contributed by atoms with van der Waals surface area (Å²) in [5.74, 6) is 0. The molecular weight excluding hydrogens is 266 g/mol. The van der Waals surface area contributed by atoms with Gasteiger partial charge in [-0.1, -0.05) is 0 Å². The summed E-state index contributed by atoms with van der Waals surface area (Å²) in [4.78, 5) is 21.1. The minimum atomic E-state index is 0.0775. The van der Waals surface area contributed by atoms with Gasteiger partial charge in [0, 0.05) is 52.4 Å². The molecule has 0 bridgehead atoms. The second-order valence-corrected chi connectivity index (χ2v) is 6.55. The molecule has 0 aromatic heterocycles. The standard InChI is InChI=1S/C15H31N5O/c1-17-9-11-20(12-10-17)7-4-6-16-15(21)19(3)14-5-8-18(2)13-14/h14H,4-13H2,1-3H3,(H,16,21). The van der Waals surface area contributed by atoms with Crippen LogP contribution in [-0.2, 0) is 0 Å². The maximum absolute atomic E-state index is 12.1. The van der Waals surface area contributed by atoms with Gasteiger partial charge in [0.1, 0.15) is 0 Å². The monoisotopic (exact) mass is 297 g/mol. The number of hydrogen-bond donors (Lipinski definition) is 1. The Morgan fingerprint density at radius 3 is 2.48 bits per heavy atom. The third-order valence-corrected chi connectivity index (χ3v) is 4.76. The number of carbonyl (C=O) groups is 1. The van der Waals surface area contributed by atoms with E-state index in [4.69, 9.17) is 0 Å². The maximum atomic E-state index is 12.1. The third kappa shape index (κ3) is 5.13. The summed E-state index contributed by atoms with van der Waals surface area (Å²) in [6.45, 7) is 8.56. The van der Waals surface area contributed by atoms with Crippen LogP contribution in [0.5, 0.6) is 0 Å². The number of amides is 2. The van der Waals surface area contributed by atoms with Crippen LogP contribution in [0.25, 0.3) is 0 Å². The van der Waals surface area contributed by atoms with Crippen LogP contribution in [0.1, 0.15) is 12.8 Å². The molecule has 1 atom stereocenters. The first-order valence-electron chi connectivity index (χ1n) is 8.16. The number of nitrogens with one attached hydrogen (secondary N) is 1. The van der Waals surface area contributed by atoms with Gasteiger partial charge in [-0.3, -0.25) is 0 Å². The second kappa shape index (κ2) is 7.96. The predicted octanol–water partition coefficient (Wildman–Crippen LogP) is -0.0306. The van der Waals surface area contributed by atoms with Crippen LogP contribution < -0.4 is 5.32 Å². The molecule has 0 saturated carbocycles. The van der Waals surface area contributed by atoms with E-state index in [0.29, 0.717) is 6.04 Å². The van der Waals surface area contributed by atoms with E-state index in [1.807, 2.05) is 11.9 Å². The molecule has 0 aromatic rings. The molecule has 0 spiro atoms. The molecule has 2 fully saturated rings. The Labute approximate surface area is 129 Å². The zero-order chi connectivity index (χ0) is 15.2. The van der Waals surface area contributed by atoms with Crippen LogP contribution in [0, 0.1) is 0 Å². The fraction of sp³-hybridized carbons (Fsp3) is 0.933. The molecule has 122 valence electrons. The van der Waals surface area contributed by atoms with Crippen LogP contribution in [0.4, 0.5) is 4.79 Å². The van der Waals surface area contributed by atoms with E-state index < -0.39 is 0 Å². The van der Waals surface area contributed by atoms with Crippen molar-refractivity contribution in [2.45, 2.75) is 18.9 Å². The number of urea groups is 1. The summed E-state index contributed by atoms with van der Waals surface area (Å²) in [5, 5.41) is 3.05. The molecule has 0 radical (unpaired) electrons. The van der Waals surface area contributed by atoms with Crippen LogP contribution in [0.15, 0.2) is 0 Å². The van der Waals surface area contributed by atoms with E-state index in [2.05, 4.69) is 34.1 Å². The minimum Gasteiger partial charge on any atom is -0.338 e. The van der Waals surface area contributed by atoms with Crippen LogP contribution in [0.3, 0.4) is 0 Å². The Morgan fingerprint density at radius 1 is 1.14 bits per heavy atom. The lowest BCUT2D eigenvalue weighted by Crippen LogP contribution is -2.46. The largest absolute Gasteiger partial charge is 0.338 e. The molecule has 0 aromatic carbocycles. The molecule has 0 aliphatic carbocycles. The fourth-order valence-corrected chi connectivity index (χ4v) is 3.09. The topological polar surface area (TPSA) is 42.1 Å². The van der Waals surface area contributed by atoms with Gasteiger partial charge in [0.2, 0.25) is 0 Å². The number of likely N-dealkylation sites (tertiary alicyclic amines) is 1. The van der Waals surface area contributed by atoms with E-state index in [1.54, 1.807) is 0 Å². The number of hydrogen-bond acceptors (Lipinski definition) is 4. The van der Waals surface area contributed by atoms with E-state index in [1.165, 1.54) is 0 Å². The lowest BCUT2D eigenvalue weighted by Gasteiger charge is -2.32. The van der Waals surface area contributed by atoms with Crippen molar-refractivity contribution in [3.05, 3.63) is 0 Å². The Morgan fingerprint density at radius 2 is 1.86 bits per heavy atom. The molecule has 1 N–H and O–H groups in total. The van der Waals surface area contributed by atoms with Gasteiger partial charge in [0.05, 0.1) is 0 Å². The normalized spacial score (nSPS) is 25.2. The van der Waals surface area contributed by atoms with Gasteiger partial charge in [0.15, 0.2) is 0 Å². The van der Waals surface area contributed by atoms with E-state index in [9.17, 15) is 4.79 Å². The van der Waals surface area contributed by atoms with E-state index in [-0.39, 0.29) is 6.03 Å². The van der Waals surface area contributed by atoms with Crippen molar-refractivity contribution in [1.82, 2.24) is 24.9 Å². The SMILES string of the molecule is CN1CCN(CCCNC(=O)N(C)C2CCN(C)C2)CC1. The van der Waals surface area contributed by atoms with Gasteiger partial charge in [-0.25, -0.2) is 4.79 Å². The molecule has 6 nitrogen and oxygen atoms in total. The highest BCUT2D eigenvalue weighted by Crippen LogP contribution is 2.12. The maximum Gasteiger partial charge on any atom is 0.317 e. The predicted molar refractivity (Wildman–Crippen MR) is 85.6 cm³/mol. The van der Waals surface area contributed by atoms with Gasteiger partial charge < -0.3 is 24.9 Å². The smallest absolute Gasteiger partial charge is 0.317 e. The first-order valence-corrected chi connectivity index (χ1v) is 8.16. The summed E-state index contributed by atoms with van der Waals surface area (Å²) in [6, 6.07) is 0.446. The summed E-state index contributed by atoms with van der Waals surface area (Å²) >= 11 is 0. The van der Waals surface area contributed by atoms with Crippen molar-refractivity contribution in [1.29, 1.82) is 0 Å². The van der Waals surface area contributed by atoms with Crippen LogP contribution in [0.2, 0.25) is 0 Å². The summed E-state index contributed by atoms with van der Waals surface area (Å²) < 4.78 is 0. The van der Waals surface area contributed by atoms with Crippen molar-refractivity contribution < 1.29 is 4.79 Å². The Balaban J connectivity index is 1.56. The molecule has 2 aliphatic heterocycles. The van der Waals surface area contributed by atoms with E-state index >= 15 is 0 Å². The van der Waals surface area contributed by atoms with Crippen molar-refractivity contribution in [3.8, 4) is 0 Å². The first-order chi connectivity index (χ1) is 10.1. The average Bonchev–Trinajstić information content (AvgIpc) is 2.91. The Hall–Kier alpha value is -0.850. The number of piperazine rings is 1. The Kier molecular flexibility index (Phi) is 6.26. The van der Waals surface area contributed by atoms with Crippen LogP contribution >= 0.6 is 0 Å². The fourth-order valence-electron chi connectivity index (χ4n) is 3.09. The van der Waals surface area contributed by atoms with Gasteiger partial charge in [-0.15, -0.1) is 0 Å². The summed E-state index contributed by atoms with van der Waals surface area (Å²) in [6.07, 6.45) is 2.12. The zero-order valence-electron chi connectivity index (χ0n) is 13.8. The van der Waals surface area contributed by atoms with Crippen molar-refractivity contribution in [2.75, 3.05) is 73.5 Å². The Bertz CT molecular complexity index is 330. The van der Waals surface area contributed by atoms with Gasteiger partial charge in [-0.05, 0) is 40.0 Å². The molecule has 2 amide bonds. The van der Waals surface area contributed by atoms with Crippen molar-refractivity contribution >= 4 is 6.03 Å². The minimum absolute atomic E-state index is 0.0775. The van der Waals surface area contributed by atoms with Crippen molar-refractivity contribution in [3.63, 3.8) is 0 Å². The average molecular weight is 297 g/mol. The highest BCUT2D eigenvalue weighted by molar-refractivity contribution is 5.74. The van der Waals surface area contributed by atoms with Crippen molar-refractivity contribution in [2.24, 2.45) is 0 Å². The third-order valence-electron chi connectivity index (χ3n) is 4.76. The number of nitrogens with zero attached hydrogens (tertiary/aromatic N) is 4. The summed E-state index contributed by atoms with van der Waals surface area (Å²) in [7, 11) is 6.20. The van der Waals surface area contributed by atoms with Gasteiger partial charge >= 0.3 is 6.03 Å². The molecule has 1 unspecified atom stereocenters. The molecule has 2 aliphatic rings. The molecule has 6 heteroatoms. The zero-order valence-corrected chi connectivity index (χ0v) is 13.8. The number of carbonyl (C=O) groups excluding carboxylic acids is 1. The highest BCUT2D eigenvalue weighted by atomic mass is 16.2. The lowest BCUT2D eigenvalue weighted by atomic mass is 10.2. The lowest BCUT2D eigenvalue weighted by molar-refractivity contribution is 0.152. The molecule has 21 heavy (non-hydrogen) atoms. The quantitative estimate of drug-likeness (QED) is 0.724.